The maximum absolute atomic E-state index is 12.8. The average molecular weight is 252 g/mol. The highest BCUT2D eigenvalue weighted by molar-refractivity contribution is 6.01. The molecule has 0 bridgehead atoms. The van der Waals surface area contributed by atoms with E-state index in [4.69, 9.17) is 0 Å². The molecule has 1 heterocycles. The number of hydrogen-bond acceptors (Lipinski definition) is 2. The smallest absolute Gasteiger partial charge is 0.249 e. The molecule has 0 aromatic carbocycles. The molecule has 0 aromatic heterocycles. The molecular weight excluding hydrogens is 228 g/mol. The van der Waals surface area contributed by atoms with Crippen molar-refractivity contribution in [2.24, 2.45) is 0 Å². The minimum atomic E-state index is -0.713. The molecule has 1 saturated carbocycles. The van der Waals surface area contributed by atoms with E-state index in [1.165, 1.54) is 6.42 Å². The van der Waals surface area contributed by atoms with Gasteiger partial charge >= 0.3 is 0 Å². The summed E-state index contributed by atoms with van der Waals surface area (Å²) in [6.07, 6.45) is 5.72. The first-order valence-electron chi connectivity index (χ1n) is 7.09. The van der Waals surface area contributed by atoms with Gasteiger partial charge in [0.05, 0.1) is 0 Å². The summed E-state index contributed by atoms with van der Waals surface area (Å²) in [5, 5.41) is 3.03. The fourth-order valence-electron chi connectivity index (χ4n) is 3.16. The third-order valence-corrected chi connectivity index (χ3v) is 4.39. The van der Waals surface area contributed by atoms with E-state index in [0.29, 0.717) is 6.54 Å². The average Bonchev–Trinajstić information content (AvgIpc) is 2.34. The summed E-state index contributed by atoms with van der Waals surface area (Å²) < 4.78 is 0. The first-order valence-corrected chi connectivity index (χ1v) is 7.09. The summed E-state index contributed by atoms with van der Waals surface area (Å²) in [6, 6.07) is 0. The molecule has 2 fully saturated rings. The Morgan fingerprint density at radius 3 is 2.33 bits per heavy atom. The maximum Gasteiger partial charge on any atom is 0.249 e. The highest BCUT2D eigenvalue weighted by atomic mass is 16.2. The normalized spacial score (nSPS) is 26.3. The van der Waals surface area contributed by atoms with Crippen molar-refractivity contribution in [3.8, 4) is 0 Å². The van der Waals surface area contributed by atoms with E-state index >= 15 is 0 Å². The number of hydrogen-bond donors (Lipinski definition) is 1. The quantitative estimate of drug-likeness (QED) is 0.815. The Hall–Kier alpha value is -1.06. The van der Waals surface area contributed by atoms with Crippen molar-refractivity contribution in [1.82, 2.24) is 10.2 Å². The zero-order valence-electron chi connectivity index (χ0n) is 11.7. The molecule has 0 aromatic rings. The van der Waals surface area contributed by atoms with Gasteiger partial charge in [-0.2, -0.15) is 0 Å². The van der Waals surface area contributed by atoms with E-state index in [2.05, 4.69) is 5.32 Å². The molecule has 1 aliphatic heterocycles. The Morgan fingerprint density at radius 1 is 1.17 bits per heavy atom. The second-order valence-corrected chi connectivity index (χ2v) is 6.11. The summed E-state index contributed by atoms with van der Waals surface area (Å²) in [5.74, 6) is 0.131. The van der Waals surface area contributed by atoms with E-state index < -0.39 is 11.1 Å². The zero-order chi connectivity index (χ0) is 13.4. The number of nitrogens with one attached hydrogen (secondary N) is 1. The van der Waals surface area contributed by atoms with Gasteiger partial charge in [-0.15, -0.1) is 0 Å². The maximum atomic E-state index is 12.8. The van der Waals surface area contributed by atoms with E-state index in [-0.39, 0.29) is 11.8 Å². The molecule has 18 heavy (non-hydrogen) atoms. The third-order valence-electron chi connectivity index (χ3n) is 4.39. The SMILES string of the molecule is CCCN1C(=O)C2(CCCCC2)NC(=O)C1(C)C. The van der Waals surface area contributed by atoms with Crippen LogP contribution in [0.4, 0.5) is 0 Å². The monoisotopic (exact) mass is 252 g/mol. The van der Waals surface area contributed by atoms with Gasteiger partial charge < -0.3 is 10.2 Å². The minimum absolute atomic E-state index is 0.00236. The predicted molar refractivity (Wildman–Crippen MR) is 70.0 cm³/mol. The van der Waals surface area contributed by atoms with Gasteiger partial charge in [-0.3, -0.25) is 9.59 Å². The predicted octanol–water partition coefficient (Wildman–Crippen LogP) is 1.84. The van der Waals surface area contributed by atoms with Crippen LogP contribution in [0.5, 0.6) is 0 Å². The lowest BCUT2D eigenvalue weighted by Crippen LogP contribution is -2.74. The van der Waals surface area contributed by atoms with Crippen LogP contribution in [0.1, 0.15) is 59.3 Å². The summed E-state index contributed by atoms with van der Waals surface area (Å²) >= 11 is 0. The molecule has 2 amide bonds. The molecule has 1 aliphatic carbocycles. The van der Waals surface area contributed by atoms with Crippen LogP contribution in [0.3, 0.4) is 0 Å². The number of rotatable bonds is 2. The van der Waals surface area contributed by atoms with Crippen LogP contribution in [0.25, 0.3) is 0 Å². The van der Waals surface area contributed by atoms with Crippen LogP contribution in [0.2, 0.25) is 0 Å². The van der Waals surface area contributed by atoms with Gasteiger partial charge in [-0.05, 0) is 33.1 Å². The van der Waals surface area contributed by atoms with Gasteiger partial charge in [0.2, 0.25) is 11.8 Å². The van der Waals surface area contributed by atoms with Crippen molar-refractivity contribution in [2.45, 2.75) is 70.4 Å². The first kappa shape index (κ1) is 13.4. The minimum Gasteiger partial charge on any atom is -0.340 e. The van der Waals surface area contributed by atoms with E-state index in [1.54, 1.807) is 4.90 Å². The lowest BCUT2D eigenvalue weighted by molar-refractivity contribution is -0.162. The largest absolute Gasteiger partial charge is 0.340 e. The lowest BCUT2D eigenvalue weighted by atomic mass is 9.76. The third kappa shape index (κ3) is 1.91. The fourth-order valence-corrected chi connectivity index (χ4v) is 3.16. The lowest BCUT2D eigenvalue weighted by Gasteiger charge is -2.51. The van der Waals surface area contributed by atoms with Crippen LogP contribution in [0.15, 0.2) is 0 Å². The summed E-state index contributed by atoms with van der Waals surface area (Å²) in [4.78, 5) is 26.9. The first-order chi connectivity index (χ1) is 8.44. The van der Waals surface area contributed by atoms with Crippen molar-refractivity contribution in [3.63, 3.8) is 0 Å². The van der Waals surface area contributed by atoms with Crippen molar-refractivity contribution < 1.29 is 9.59 Å². The Balaban J connectivity index is 2.31. The molecular formula is C14H24N2O2. The molecule has 0 atom stereocenters. The number of carbonyl (C=O) groups excluding carboxylic acids is 2. The molecule has 102 valence electrons. The van der Waals surface area contributed by atoms with Crippen molar-refractivity contribution >= 4 is 11.8 Å². The molecule has 4 heteroatoms. The highest BCUT2D eigenvalue weighted by Gasteiger charge is 2.54. The summed E-state index contributed by atoms with van der Waals surface area (Å²) in [7, 11) is 0. The standard InChI is InChI=1S/C14H24N2O2/c1-4-10-16-12(18)14(8-6-5-7-9-14)15-11(17)13(16,2)3/h4-10H2,1-3H3,(H,15,17). The van der Waals surface area contributed by atoms with Crippen LogP contribution in [-0.2, 0) is 9.59 Å². The Labute approximate surface area is 109 Å². The van der Waals surface area contributed by atoms with E-state index in [1.807, 2.05) is 20.8 Å². The Kier molecular flexibility index (Phi) is 3.39. The number of nitrogens with zero attached hydrogens (tertiary/aromatic N) is 1. The molecule has 2 rings (SSSR count). The fraction of sp³-hybridized carbons (Fsp3) is 0.857. The Morgan fingerprint density at radius 2 is 1.78 bits per heavy atom. The number of carbonyl (C=O) groups is 2. The molecule has 4 nitrogen and oxygen atoms in total. The van der Waals surface area contributed by atoms with Gasteiger partial charge in [0.1, 0.15) is 11.1 Å². The molecule has 0 radical (unpaired) electrons. The van der Waals surface area contributed by atoms with Crippen molar-refractivity contribution in [2.75, 3.05) is 6.54 Å². The second-order valence-electron chi connectivity index (χ2n) is 6.11. The van der Waals surface area contributed by atoms with E-state index in [9.17, 15) is 9.59 Å². The van der Waals surface area contributed by atoms with Crippen molar-refractivity contribution in [3.05, 3.63) is 0 Å². The highest BCUT2D eigenvalue weighted by Crippen LogP contribution is 2.36. The van der Waals surface area contributed by atoms with Gasteiger partial charge in [0.25, 0.3) is 0 Å². The summed E-state index contributed by atoms with van der Waals surface area (Å²) in [5.41, 5.74) is -1.31. The van der Waals surface area contributed by atoms with Crippen LogP contribution in [0, 0.1) is 0 Å². The number of amides is 2. The zero-order valence-corrected chi connectivity index (χ0v) is 11.7. The van der Waals surface area contributed by atoms with Crippen LogP contribution in [-0.4, -0.2) is 34.3 Å². The Bertz CT molecular complexity index is 357. The second kappa shape index (κ2) is 4.56. The molecule has 1 spiro atoms. The summed E-state index contributed by atoms with van der Waals surface area (Å²) in [6.45, 7) is 6.39. The molecule has 1 saturated heterocycles. The van der Waals surface area contributed by atoms with Crippen molar-refractivity contribution in [1.29, 1.82) is 0 Å². The molecule has 1 N–H and O–H groups in total. The van der Waals surface area contributed by atoms with Gasteiger partial charge in [0.15, 0.2) is 0 Å². The van der Waals surface area contributed by atoms with Crippen LogP contribution < -0.4 is 5.32 Å². The van der Waals surface area contributed by atoms with Gasteiger partial charge in [-0.1, -0.05) is 26.2 Å². The van der Waals surface area contributed by atoms with E-state index in [0.717, 1.165) is 32.1 Å². The topological polar surface area (TPSA) is 49.4 Å². The molecule has 2 aliphatic rings. The van der Waals surface area contributed by atoms with Gasteiger partial charge in [-0.25, -0.2) is 0 Å². The van der Waals surface area contributed by atoms with Gasteiger partial charge in [0, 0.05) is 6.54 Å². The molecule has 0 unspecified atom stereocenters. The number of piperazine rings is 1. The van der Waals surface area contributed by atoms with Crippen LogP contribution >= 0.6 is 0 Å².